The topological polar surface area (TPSA) is 63.4 Å². The number of primary amides is 1. The summed E-state index contributed by atoms with van der Waals surface area (Å²) in [5.41, 5.74) is 5.12. The zero-order valence-corrected chi connectivity index (χ0v) is 12.0. The lowest BCUT2D eigenvalue weighted by atomic mass is 9.71. The second-order valence-electron chi connectivity index (χ2n) is 6.05. The Kier molecular flexibility index (Phi) is 3.62. The number of carbonyl (C=O) groups is 2. The molecule has 6 heteroatoms. The molecular weight excluding hydrogens is 290 g/mol. The first-order valence-corrected chi connectivity index (χ1v) is 7.29. The monoisotopic (exact) mass is 307 g/mol. The van der Waals surface area contributed by atoms with Gasteiger partial charge in [-0.3, -0.25) is 14.5 Å². The van der Waals surface area contributed by atoms with Crippen LogP contribution in [0.15, 0.2) is 24.3 Å². The predicted octanol–water partition coefficient (Wildman–Crippen LogP) is 2.13. The molecule has 1 aliphatic heterocycles. The summed E-state index contributed by atoms with van der Waals surface area (Å²) in [7, 11) is 0. The number of hydrogen-bond acceptors (Lipinski definition) is 2. The van der Waals surface area contributed by atoms with Crippen molar-refractivity contribution in [3.05, 3.63) is 36.5 Å². The first-order valence-electron chi connectivity index (χ1n) is 7.29. The van der Waals surface area contributed by atoms with Gasteiger partial charge in [0.15, 0.2) is 0 Å². The van der Waals surface area contributed by atoms with Crippen molar-refractivity contribution in [1.29, 1.82) is 0 Å². The normalized spacial score (nSPS) is 31.7. The Morgan fingerprint density at radius 2 is 2.00 bits per heavy atom. The molecule has 1 aliphatic carbocycles. The highest BCUT2D eigenvalue weighted by molar-refractivity contribution is 6.06. The van der Waals surface area contributed by atoms with Gasteiger partial charge >= 0.3 is 0 Å². The van der Waals surface area contributed by atoms with Gasteiger partial charge < -0.3 is 5.73 Å². The molecule has 3 atom stereocenters. The van der Waals surface area contributed by atoms with E-state index in [2.05, 4.69) is 0 Å². The van der Waals surface area contributed by atoms with Crippen LogP contribution in [0.4, 0.5) is 14.5 Å². The van der Waals surface area contributed by atoms with Crippen LogP contribution in [-0.2, 0) is 9.59 Å². The van der Waals surface area contributed by atoms with Gasteiger partial charge in [0.1, 0.15) is 18.0 Å². The summed E-state index contributed by atoms with van der Waals surface area (Å²) in [5, 5.41) is 0. The third-order valence-electron chi connectivity index (χ3n) is 4.66. The third-order valence-corrected chi connectivity index (χ3v) is 4.66. The van der Waals surface area contributed by atoms with E-state index >= 15 is 0 Å². The van der Waals surface area contributed by atoms with Crippen LogP contribution in [0.1, 0.15) is 25.7 Å². The number of rotatable bonds is 2. The van der Waals surface area contributed by atoms with Crippen molar-refractivity contribution in [3.63, 3.8) is 0 Å². The molecule has 2 aliphatic rings. The lowest BCUT2D eigenvalue weighted by molar-refractivity contribution is -0.127. The molecule has 1 aromatic carbocycles. The third kappa shape index (κ3) is 2.36. The molecule has 1 aromatic rings. The number of nitrogens with zero attached hydrogens (tertiary/aromatic N) is 1. The van der Waals surface area contributed by atoms with Gasteiger partial charge in [0.25, 0.3) is 0 Å². The fourth-order valence-corrected chi connectivity index (χ4v) is 3.44. The Labute approximate surface area is 127 Å². The second kappa shape index (κ2) is 5.34. The molecule has 1 saturated heterocycles. The van der Waals surface area contributed by atoms with E-state index in [1.807, 2.05) is 0 Å². The van der Waals surface area contributed by atoms with E-state index in [0.29, 0.717) is 18.5 Å². The van der Waals surface area contributed by atoms with Crippen LogP contribution in [0, 0.1) is 17.7 Å². The molecule has 3 unspecified atom stereocenters. The van der Waals surface area contributed by atoms with Gasteiger partial charge in [-0.1, -0.05) is 0 Å². The first kappa shape index (κ1) is 14.9. The van der Waals surface area contributed by atoms with Gasteiger partial charge in [0.05, 0.1) is 5.41 Å². The Balaban J connectivity index is 1.95. The first-order chi connectivity index (χ1) is 10.4. The number of alkyl halides is 1. The average molecular weight is 307 g/mol. The van der Waals surface area contributed by atoms with Crippen molar-refractivity contribution in [2.45, 2.75) is 37.9 Å². The van der Waals surface area contributed by atoms with Crippen LogP contribution in [-0.4, -0.2) is 24.0 Å². The van der Waals surface area contributed by atoms with Gasteiger partial charge in [0, 0.05) is 5.69 Å². The smallest absolute Gasteiger partial charge is 0.240 e. The molecule has 2 N–H and O–H groups in total. The van der Waals surface area contributed by atoms with Gasteiger partial charge in [0.2, 0.25) is 11.8 Å². The van der Waals surface area contributed by atoms with E-state index < -0.39 is 29.4 Å². The molecule has 22 heavy (non-hydrogen) atoms. The van der Waals surface area contributed by atoms with Crippen molar-refractivity contribution in [3.8, 4) is 0 Å². The lowest BCUT2D eigenvalue weighted by Crippen LogP contribution is -2.43. The maximum Gasteiger partial charge on any atom is 0.240 e. The Hall–Kier alpha value is -1.98. The zero-order chi connectivity index (χ0) is 15.9. The van der Waals surface area contributed by atoms with Gasteiger partial charge in [-0.15, -0.1) is 0 Å². The van der Waals surface area contributed by atoms with E-state index in [1.54, 1.807) is 0 Å². The van der Waals surface area contributed by atoms with E-state index in [-0.39, 0.29) is 18.7 Å². The van der Waals surface area contributed by atoms with E-state index in [1.165, 1.54) is 35.6 Å². The van der Waals surface area contributed by atoms with Gasteiger partial charge in [-0.05, 0) is 56.4 Å². The van der Waals surface area contributed by atoms with E-state index in [0.717, 1.165) is 0 Å². The molecule has 0 aromatic heterocycles. The summed E-state index contributed by atoms with van der Waals surface area (Å²) in [6.45, 7) is 0. The van der Waals surface area contributed by atoms with Crippen LogP contribution in [0.2, 0.25) is 0 Å². The molecule has 1 heterocycles. The minimum Gasteiger partial charge on any atom is -0.368 e. The lowest BCUT2D eigenvalue weighted by Gasteiger charge is -2.32. The largest absolute Gasteiger partial charge is 0.368 e. The zero-order valence-electron chi connectivity index (χ0n) is 12.0. The highest BCUT2D eigenvalue weighted by Gasteiger charge is 2.54. The predicted molar refractivity (Wildman–Crippen MR) is 77.0 cm³/mol. The standard InChI is InChI=1S/C16H17F2N2O2/c17-10-1-3-12(4-2-10)20-13(14(19)21)9-16(15(20)22)7-5-11(18)6-8-16/h1-5,11,13H,6-9H2,(H2,19,21). The number of halogens is 2. The molecular formula is C16H17F2N2O2. The van der Waals surface area contributed by atoms with Crippen molar-refractivity contribution < 1.29 is 18.4 Å². The summed E-state index contributed by atoms with van der Waals surface area (Å²) < 4.78 is 26.4. The van der Waals surface area contributed by atoms with Crippen LogP contribution >= 0.6 is 0 Å². The van der Waals surface area contributed by atoms with Crippen LogP contribution in [0.3, 0.4) is 0 Å². The van der Waals surface area contributed by atoms with Gasteiger partial charge in [-0.25, -0.2) is 8.78 Å². The molecule has 2 fully saturated rings. The molecule has 1 saturated carbocycles. The Morgan fingerprint density at radius 3 is 2.55 bits per heavy atom. The highest BCUT2D eigenvalue weighted by atomic mass is 19.1. The fourth-order valence-electron chi connectivity index (χ4n) is 3.44. The second-order valence-corrected chi connectivity index (χ2v) is 6.05. The van der Waals surface area contributed by atoms with Crippen molar-refractivity contribution >= 4 is 17.5 Å². The quantitative estimate of drug-likeness (QED) is 0.909. The SMILES string of the molecule is NC(=O)C1CC2(C[CH]C(F)CC2)C(=O)N1c1ccc(F)cc1. The summed E-state index contributed by atoms with van der Waals surface area (Å²) in [6.07, 6.45) is 1.73. The van der Waals surface area contributed by atoms with Crippen LogP contribution in [0.25, 0.3) is 0 Å². The molecule has 117 valence electrons. The summed E-state index contributed by atoms with van der Waals surface area (Å²) >= 11 is 0. The van der Waals surface area contributed by atoms with Gasteiger partial charge in [-0.2, -0.15) is 0 Å². The maximum atomic E-state index is 13.4. The van der Waals surface area contributed by atoms with E-state index in [4.69, 9.17) is 5.73 Å². The van der Waals surface area contributed by atoms with Crippen molar-refractivity contribution in [2.75, 3.05) is 4.90 Å². The maximum absolute atomic E-state index is 13.4. The Bertz CT molecular complexity index is 595. The van der Waals surface area contributed by atoms with E-state index in [9.17, 15) is 18.4 Å². The Morgan fingerprint density at radius 1 is 1.32 bits per heavy atom. The number of amides is 2. The highest BCUT2D eigenvalue weighted by Crippen LogP contribution is 2.48. The number of carbonyl (C=O) groups excluding carboxylic acids is 2. The van der Waals surface area contributed by atoms with Crippen LogP contribution < -0.4 is 10.6 Å². The molecule has 1 spiro atoms. The van der Waals surface area contributed by atoms with Crippen LogP contribution in [0.5, 0.6) is 0 Å². The molecule has 1 radical (unpaired) electrons. The number of nitrogens with two attached hydrogens (primary N) is 1. The number of anilines is 1. The van der Waals surface area contributed by atoms with Crippen molar-refractivity contribution in [1.82, 2.24) is 0 Å². The average Bonchev–Trinajstić information content (AvgIpc) is 2.77. The molecule has 3 rings (SSSR count). The molecule has 0 bridgehead atoms. The fraction of sp³-hybridized carbons (Fsp3) is 0.438. The minimum atomic E-state index is -1.01. The summed E-state index contributed by atoms with van der Waals surface area (Å²) in [4.78, 5) is 26.0. The van der Waals surface area contributed by atoms with Crippen molar-refractivity contribution in [2.24, 2.45) is 11.1 Å². The molecule has 2 amide bonds. The minimum absolute atomic E-state index is 0.231. The molecule has 4 nitrogen and oxygen atoms in total. The number of benzene rings is 1. The number of hydrogen-bond donors (Lipinski definition) is 1. The summed E-state index contributed by atoms with van der Waals surface area (Å²) in [5.74, 6) is -1.25. The summed E-state index contributed by atoms with van der Waals surface area (Å²) in [6, 6.07) is 4.59.